The molecule has 0 aromatic heterocycles. The van der Waals surface area contributed by atoms with Crippen molar-refractivity contribution in [1.82, 2.24) is 5.32 Å². The Balaban J connectivity index is 2.79. The predicted molar refractivity (Wildman–Crippen MR) is 63.6 cm³/mol. The molecular weight excluding hydrogens is 227 g/mol. The van der Waals surface area contributed by atoms with Crippen LogP contribution in [-0.2, 0) is 6.18 Å². The van der Waals surface area contributed by atoms with Crippen LogP contribution in [-0.4, -0.2) is 12.6 Å². The van der Waals surface area contributed by atoms with Gasteiger partial charge in [-0.2, -0.15) is 13.2 Å². The van der Waals surface area contributed by atoms with E-state index in [1.165, 1.54) is 6.07 Å². The van der Waals surface area contributed by atoms with Gasteiger partial charge in [-0.05, 0) is 31.2 Å². The molecule has 0 heterocycles. The average Bonchev–Trinajstić information content (AvgIpc) is 2.26. The van der Waals surface area contributed by atoms with Gasteiger partial charge in [0.1, 0.15) is 0 Å². The van der Waals surface area contributed by atoms with Crippen molar-refractivity contribution in [3.05, 3.63) is 41.5 Å². The number of rotatable bonds is 4. The molecule has 0 radical (unpaired) electrons. The molecule has 0 aliphatic carbocycles. The van der Waals surface area contributed by atoms with Gasteiger partial charge in [-0.25, -0.2) is 0 Å². The molecule has 0 saturated carbocycles. The number of hydrogen-bond acceptors (Lipinski definition) is 1. The fourth-order valence-corrected chi connectivity index (χ4v) is 1.46. The van der Waals surface area contributed by atoms with Gasteiger partial charge in [0, 0.05) is 6.04 Å². The third-order valence-corrected chi connectivity index (χ3v) is 2.32. The third kappa shape index (κ3) is 4.61. The number of halogens is 3. The zero-order chi connectivity index (χ0) is 12.9. The topological polar surface area (TPSA) is 12.0 Å². The van der Waals surface area contributed by atoms with Crippen LogP contribution in [0.5, 0.6) is 0 Å². The molecule has 0 aliphatic rings. The highest BCUT2D eigenvalue weighted by molar-refractivity contribution is 5.51. The van der Waals surface area contributed by atoms with Crippen molar-refractivity contribution in [3.8, 4) is 0 Å². The van der Waals surface area contributed by atoms with Gasteiger partial charge in [-0.1, -0.05) is 31.2 Å². The molecule has 1 unspecified atom stereocenters. The zero-order valence-corrected chi connectivity index (χ0v) is 9.88. The summed E-state index contributed by atoms with van der Waals surface area (Å²) in [6.45, 7) is 4.76. The lowest BCUT2D eigenvalue weighted by atomic mass is 10.1. The molecule has 0 aliphatic heterocycles. The Morgan fingerprint density at radius 2 is 2.06 bits per heavy atom. The van der Waals surface area contributed by atoms with E-state index in [1.54, 1.807) is 12.1 Å². The molecule has 1 aromatic carbocycles. The first-order valence-corrected chi connectivity index (χ1v) is 5.52. The Morgan fingerprint density at radius 3 is 2.65 bits per heavy atom. The summed E-state index contributed by atoms with van der Waals surface area (Å²) in [5.41, 5.74) is -0.0552. The van der Waals surface area contributed by atoms with Gasteiger partial charge in [-0.15, -0.1) is 0 Å². The monoisotopic (exact) mass is 243 g/mol. The highest BCUT2D eigenvalue weighted by Crippen LogP contribution is 2.29. The van der Waals surface area contributed by atoms with Crippen molar-refractivity contribution in [2.75, 3.05) is 6.54 Å². The van der Waals surface area contributed by atoms with Crippen LogP contribution in [0, 0.1) is 0 Å². The molecule has 0 amide bonds. The fraction of sp³-hybridized carbons (Fsp3) is 0.385. The van der Waals surface area contributed by atoms with Gasteiger partial charge in [-0.3, -0.25) is 0 Å². The summed E-state index contributed by atoms with van der Waals surface area (Å²) >= 11 is 0. The quantitative estimate of drug-likeness (QED) is 0.849. The summed E-state index contributed by atoms with van der Waals surface area (Å²) < 4.78 is 37.4. The molecule has 17 heavy (non-hydrogen) atoms. The first kappa shape index (κ1) is 13.8. The highest BCUT2D eigenvalue weighted by Gasteiger charge is 2.30. The van der Waals surface area contributed by atoms with E-state index in [2.05, 4.69) is 5.32 Å². The minimum atomic E-state index is -4.28. The lowest BCUT2D eigenvalue weighted by Gasteiger charge is -2.08. The van der Waals surface area contributed by atoms with E-state index in [-0.39, 0.29) is 6.04 Å². The van der Waals surface area contributed by atoms with Crippen LogP contribution >= 0.6 is 0 Å². The summed E-state index contributed by atoms with van der Waals surface area (Å²) in [6, 6.07) is 5.44. The number of hydrogen-bond donors (Lipinski definition) is 1. The summed E-state index contributed by atoms with van der Waals surface area (Å²) in [6.07, 6.45) is -0.737. The molecule has 1 N–H and O–H groups in total. The lowest BCUT2D eigenvalue weighted by Crippen LogP contribution is -2.22. The molecule has 4 heteroatoms. The van der Waals surface area contributed by atoms with E-state index in [4.69, 9.17) is 0 Å². The van der Waals surface area contributed by atoms with Crippen LogP contribution in [0.1, 0.15) is 25.0 Å². The van der Waals surface area contributed by atoms with E-state index in [1.807, 2.05) is 19.9 Å². The maximum absolute atomic E-state index is 12.5. The summed E-state index contributed by atoms with van der Waals surface area (Å²) in [5, 5.41) is 3.15. The summed E-state index contributed by atoms with van der Waals surface area (Å²) in [5.74, 6) is 0. The third-order valence-electron chi connectivity index (χ3n) is 2.32. The Hall–Kier alpha value is -1.29. The van der Waals surface area contributed by atoms with Crippen molar-refractivity contribution in [1.29, 1.82) is 0 Å². The van der Waals surface area contributed by atoms with Crippen LogP contribution in [0.15, 0.2) is 30.3 Å². The molecule has 0 saturated heterocycles. The molecule has 0 spiro atoms. The Morgan fingerprint density at radius 1 is 1.35 bits per heavy atom. The molecular formula is C13H16F3N. The normalized spacial score (nSPS) is 14.2. The van der Waals surface area contributed by atoms with E-state index in [0.29, 0.717) is 5.56 Å². The molecule has 1 nitrogen and oxygen atoms in total. The Bertz CT molecular complexity index is 382. The zero-order valence-electron chi connectivity index (χ0n) is 9.88. The predicted octanol–water partition coefficient (Wildman–Crippen LogP) is 3.72. The molecule has 1 rings (SSSR count). The molecule has 0 bridgehead atoms. The molecule has 1 aromatic rings. The van der Waals surface area contributed by atoms with Crippen LogP contribution in [0.2, 0.25) is 0 Å². The minimum absolute atomic E-state index is 0.148. The second-order valence-electron chi connectivity index (χ2n) is 3.83. The second kappa shape index (κ2) is 5.87. The largest absolute Gasteiger partial charge is 0.416 e. The fourth-order valence-electron chi connectivity index (χ4n) is 1.46. The molecule has 1 atom stereocenters. The number of nitrogens with one attached hydrogen (secondary N) is 1. The van der Waals surface area contributed by atoms with Gasteiger partial charge in [0.15, 0.2) is 0 Å². The van der Waals surface area contributed by atoms with Gasteiger partial charge >= 0.3 is 6.18 Å². The van der Waals surface area contributed by atoms with Crippen molar-refractivity contribution in [2.24, 2.45) is 0 Å². The number of alkyl halides is 3. The Kier molecular flexibility index (Phi) is 4.75. The van der Waals surface area contributed by atoms with Gasteiger partial charge in [0.25, 0.3) is 0 Å². The molecule has 0 fully saturated rings. The van der Waals surface area contributed by atoms with Gasteiger partial charge < -0.3 is 5.32 Å². The van der Waals surface area contributed by atoms with Crippen LogP contribution in [0.3, 0.4) is 0 Å². The van der Waals surface area contributed by atoms with E-state index in [0.717, 1.165) is 18.7 Å². The van der Waals surface area contributed by atoms with Gasteiger partial charge in [0.05, 0.1) is 5.56 Å². The average molecular weight is 243 g/mol. The van der Waals surface area contributed by atoms with Crippen molar-refractivity contribution in [3.63, 3.8) is 0 Å². The van der Waals surface area contributed by atoms with E-state index in [9.17, 15) is 13.2 Å². The minimum Gasteiger partial charge on any atom is -0.311 e. The second-order valence-corrected chi connectivity index (χ2v) is 3.83. The summed E-state index contributed by atoms with van der Waals surface area (Å²) in [4.78, 5) is 0. The molecule has 94 valence electrons. The van der Waals surface area contributed by atoms with Crippen molar-refractivity contribution in [2.45, 2.75) is 26.1 Å². The van der Waals surface area contributed by atoms with Crippen LogP contribution in [0.4, 0.5) is 13.2 Å². The van der Waals surface area contributed by atoms with Crippen LogP contribution in [0.25, 0.3) is 6.08 Å². The maximum Gasteiger partial charge on any atom is 0.416 e. The maximum atomic E-state index is 12.5. The van der Waals surface area contributed by atoms with Crippen molar-refractivity contribution < 1.29 is 13.2 Å². The van der Waals surface area contributed by atoms with Crippen molar-refractivity contribution >= 4 is 6.08 Å². The standard InChI is InChI=1S/C13H16F3N/c1-3-17-10(2)7-8-11-5-4-6-12(9-11)13(14,15)16/h4-10,17H,3H2,1-2H3/b8-7+. The number of benzene rings is 1. The smallest absolute Gasteiger partial charge is 0.311 e. The van der Waals surface area contributed by atoms with Gasteiger partial charge in [0.2, 0.25) is 0 Å². The first-order valence-electron chi connectivity index (χ1n) is 5.52. The van der Waals surface area contributed by atoms with E-state index >= 15 is 0 Å². The van der Waals surface area contributed by atoms with E-state index < -0.39 is 11.7 Å². The SMILES string of the molecule is CCNC(C)/C=C/c1cccc(C(F)(F)F)c1. The van der Waals surface area contributed by atoms with Crippen LogP contribution < -0.4 is 5.32 Å². The number of likely N-dealkylation sites (N-methyl/N-ethyl adjacent to an activating group) is 1. The lowest BCUT2D eigenvalue weighted by molar-refractivity contribution is -0.137. The Labute approximate surface area is 99.3 Å². The first-order chi connectivity index (χ1) is 7.93. The summed E-state index contributed by atoms with van der Waals surface area (Å²) in [7, 11) is 0. The highest BCUT2D eigenvalue weighted by atomic mass is 19.4.